The van der Waals surface area contributed by atoms with Crippen molar-refractivity contribution in [3.8, 4) is 0 Å². The van der Waals surface area contributed by atoms with Gasteiger partial charge in [-0.3, -0.25) is 4.68 Å². The zero-order valence-electron chi connectivity index (χ0n) is 16.8. The molecule has 7 nitrogen and oxygen atoms in total. The molecular weight excluding hydrogens is 476 g/mol. The highest BCUT2D eigenvalue weighted by molar-refractivity contribution is 9.10. The van der Waals surface area contributed by atoms with E-state index in [9.17, 15) is 5.11 Å². The third-order valence-corrected chi connectivity index (χ3v) is 6.85. The SMILES string of the molecule is O[C@H]1CC[C@H](Nc2cc(Cn3cccn3)cc(Nc3nc4ccc(Br)cc4s3)n2)CC1. The summed E-state index contributed by atoms with van der Waals surface area (Å²) in [5.74, 6) is 1.58. The van der Waals surface area contributed by atoms with Gasteiger partial charge in [0.25, 0.3) is 0 Å². The lowest BCUT2D eigenvalue weighted by atomic mass is 9.93. The largest absolute Gasteiger partial charge is 0.393 e. The third kappa shape index (κ3) is 5.06. The van der Waals surface area contributed by atoms with Crippen LogP contribution < -0.4 is 10.6 Å². The van der Waals surface area contributed by atoms with Crippen LogP contribution in [0.15, 0.2) is 53.3 Å². The van der Waals surface area contributed by atoms with Crippen molar-refractivity contribution in [2.24, 2.45) is 0 Å². The average Bonchev–Trinajstić information content (AvgIpc) is 3.38. The Hall–Kier alpha value is -2.49. The molecule has 1 aliphatic carbocycles. The highest BCUT2D eigenvalue weighted by Crippen LogP contribution is 2.31. The Balaban J connectivity index is 1.41. The fourth-order valence-electron chi connectivity index (χ4n) is 3.89. The minimum atomic E-state index is -0.173. The number of thiazole rings is 1. The van der Waals surface area contributed by atoms with Crippen molar-refractivity contribution >= 4 is 54.3 Å². The van der Waals surface area contributed by atoms with E-state index in [1.165, 1.54) is 0 Å². The molecule has 0 atom stereocenters. The molecule has 0 spiro atoms. The Morgan fingerprint density at radius 2 is 1.94 bits per heavy atom. The van der Waals surface area contributed by atoms with Gasteiger partial charge in [-0.2, -0.15) is 5.10 Å². The summed E-state index contributed by atoms with van der Waals surface area (Å²) in [5.41, 5.74) is 2.06. The molecule has 0 amide bonds. The van der Waals surface area contributed by atoms with Gasteiger partial charge in [0, 0.05) is 22.9 Å². The van der Waals surface area contributed by atoms with Crippen molar-refractivity contribution in [1.29, 1.82) is 0 Å². The number of nitrogens with zero attached hydrogens (tertiary/aromatic N) is 4. The van der Waals surface area contributed by atoms with Crippen LogP contribution >= 0.6 is 27.3 Å². The first kappa shape index (κ1) is 20.4. The van der Waals surface area contributed by atoms with E-state index in [0.717, 1.165) is 62.7 Å². The molecule has 31 heavy (non-hydrogen) atoms. The molecule has 0 aliphatic heterocycles. The van der Waals surface area contributed by atoms with E-state index in [-0.39, 0.29) is 6.10 Å². The molecule has 4 aromatic rings. The molecule has 3 aromatic heterocycles. The van der Waals surface area contributed by atoms with Gasteiger partial charge in [-0.05, 0) is 67.6 Å². The maximum Gasteiger partial charge on any atom is 0.189 e. The molecule has 3 heterocycles. The fourth-order valence-corrected chi connectivity index (χ4v) is 5.31. The Bertz CT molecular complexity index is 1170. The van der Waals surface area contributed by atoms with Gasteiger partial charge in [-0.25, -0.2) is 9.97 Å². The number of nitrogens with one attached hydrogen (secondary N) is 2. The number of halogens is 1. The number of aliphatic hydroxyl groups excluding tert-OH is 1. The van der Waals surface area contributed by atoms with Gasteiger partial charge in [0.05, 0.1) is 22.9 Å². The second-order valence-electron chi connectivity index (χ2n) is 7.86. The molecule has 3 N–H and O–H groups in total. The lowest BCUT2D eigenvalue weighted by Crippen LogP contribution is -2.28. The standard InChI is InChI=1S/C22H23BrN6OS/c23-15-2-7-18-19(12-15)31-22(26-18)28-21-11-14(13-29-9-1-8-24-29)10-20(27-21)25-16-3-5-17(30)6-4-16/h1-2,7-12,16-17,30H,3-6,13H2,(H2,25,26,27,28)/t16-,17-. The summed E-state index contributed by atoms with van der Waals surface area (Å²) in [7, 11) is 0. The number of benzene rings is 1. The van der Waals surface area contributed by atoms with E-state index in [1.54, 1.807) is 17.5 Å². The summed E-state index contributed by atoms with van der Waals surface area (Å²) in [6.07, 6.45) is 7.12. The van der Waals surface area contributed by atoms with Crippen molar-refractivity contribution in [3.05, 3.63) is 58.8 Å². The number of aromatic nitrogens is 4. The lowest BCUT2D eigenvalue weighted by Gasteiger charge is -2.27. The quantitative estimate of drug-likeness (QED) is 0.340. The maximum atomic E-state index is 9.79. The third-order valence-electron chi connectivity index (χ3n) is 5.42. The smallest absolute Gasteiger partial charge is 0.189 e. The van der Waals surface area contributed by atoms with E-state index in [4.69, 9.17) is 4.98 Å². The molecule has 1 fully saturated rings. The Morgan fingerprint density at radius 3 is 2.74 bits per heavy atom. The van der Waals surface area contributed by atoms with E-state index in [2.05, 4.69) is 48.8 Å². The van der Waals surface area contributed by atoms with Crippen LogP contribution in [0.5, 0.6) is 0 Å². The van der Waals surface area contributed by atoms with E-state index < -0.39 is 0 Å². The fraction of sp³-hybridized carbons (Fsp3) is 0.318. The van der Waals surface area contributed by atoms with Crippen LogP contribution in [0.25, 0.3) is 10.2 Å². The van der Waals surface area contributed by atoms with Gasteiger partial charge in [-0.15, -0.1) is 0 Å². The number of hydrogen-bond acceptors (Lipinski definition) is 7. The predicted octanol–water partition coefficient (Wildman–Crippen LogP) is 5.16. The molecule has 9 heteroatoms. The number of hydrogen-bond donors (Lipinski definition) is 3. The maximum absolute atomic E-state index is 9.79. The van der Waals surface area contributed by atoms with Crippen LogP contribution in [-0.2, 0) is 6.54 Å². The minimum Gasteiger partial charge on any atom is -0.393 e. The van der Waals surface area contributed by atoms with E-state index in [1.807, 2.05) is 35.1 Å². The van der Waals surface area contributed by atoms with E-state index in [0.29, 0.717) is 12.6 Å². The first-order valence-electron chi connectivity index (χ1n) is 10.4. The molecule has 160 valence electrons. The van der Waals surface area contributed by atoms with Crippen LogP contribution in [0.3, 0.4) is 0 Å². The number of anilines is 3. The zero-order valence-corrected chi connectivity index (χ0v) is 19.2. The monoisotopic (exact) mass is 498 g/mol. The number of rotatable bonds is 6. The zero-order chi connectivity index (χ0) is 21.2. The second-order valence-corrected chi connectivity index (χ2v) is 9.80. The van der Waals surface area contributed by atoms with Crippen LogP contribution in [-0.4, -0.2) is 37.0 Å². The number of aliphatic hydroxyl groups is 1. The normalized spacial score (nSPS) is 18.9. The van der Waals surface area contributed by atoms with Crippen LogP contribution in [0.2, 0.25) is 0 Å². The molecule has 0 unspecified atom stereocenters. The number of pyridine rings is 1. The van der Waals surface area contributed by atoms with Crippen molar-refractivity contribution in [2.45, 2.75) is 44.4 Å². The van der Waals surface area contributed by atoms with Crippen molar-refractivity contribution in [2.75, 3.05) is 10.6 Å². The number of fused-ring (bicyclic) bond motifs is 1. The van der Waals surface area contributed by atoms with Gasteiger partial charge in [0.1, 0.15) is 11.6 Å². The van der Waals surface area contributed by atoms with E-state index >= 15 is 0 Å². The molecule has 0 radical (unpaired) electrons. The summed E-state index contributed by atoms with van der Waals surface area (Å²) in [6.45, 7) is 0.662. The molecular formula is C22H23BrN6OS. The van der Waals surface area contributed by atoms with Crippen molar-refractivity contribution in [1.82, 2.24) is 19.7 Å². The first-order valence-corrected chi connectivity index (χ1v) is 12.0. The Morgan fingerprint density at radius 1 is 1.10 bits per heavy atom. The predicted molar refractivity (Wildman–Crippen MR) is 128 cm³/mol. The van der Waals surface area contributed by atoms with Crippen LogP contribution in [0.1, 0.15) is 31.2 Å². The van der Waals surface area contributed by atoms with Crippen molar-refractivity contribution in [3.63, 3.8) is 0 Å². The molecule has 5 rings (SSSR count). The minimum absolute atomic E-state index is 0.173. The van der Waals surface area contributed by atoms with Gasteiger partial charge >= 0.3 is 0 Å². The molecule has 0 saturated heterocycles. The Kier molecular flexibility index (Phi) is 5.89. The second kappa shape index (κ2) is 8.94. The summed E-state index contributed by atoms with van der Waals surface area (Å²) in [4.78, 5) is 9.49. The molecule has 1 saturated carbocycles. The van der Waals surface area contributed by atoms with Gasteiger partial charge in [-0.1, -0.05) is 27.3 Å². The van der Waals surface area contributed by atoms with Crippen molar-refractivity contribution < 1.29 is 5.11 Å². The molecule has 1 aromatic carbocycles. The average molecular weight is 499 g/mol. The molecule has 1 aliphatic rings. The summed E-state index contributed by atoms with van der Waals surface area (Å²) < 4.78 is 4.05. The summed E-state index contributed by atoms with van der Waals surface area (Å²) in [6, 6.07) is 12.4. The first-order chi connectivity index (χ1) is 15.1. The topological polar surface area (TPSA) is 87.9 Å². The van der Waals surface area contributed by atoms with Gasteiger partial charge < -0.3 is 15.7 Å². The summed E-state index contributed by atoms with van der Waals surface area (Å²) >= 11 is 5.12. The highest BCUT2D eigenvalue weighted by Gasteiger charge is 2.20. The van der Waals surface area contributed by atoms with Gasteiger partial charge in [0.15, 0.2) is 5.13 Å². The van der Waals surface area contributed by atoms with Gasteiger partial charge in [0.2, 0.25) is 0 Å². The van der Waals surface area contributed by atoms with Crippen LogP contribution in [0.4, 0.5) is 16.8 Å². The van der Waals surface area contributed by atoms with Crippen LogP contribution in [0, 0.1) is 0 Å². The Labute approximate surface area is 192 Å². The lowest BCUT2D eigenvalue weighted by molar-refractivity contribution is 0.126. The summed E-state index contributed by atoms with van der Waals surface area (Å²) in [5, 5.41) is 21.9. The molecule has 0 bridgehead atoms. The highest BCUT2D eigenvalue weighted by atomic mass is 79.9.